The van der Waals surface area contributed by atoms with Crippen molar-refractivity contribution in [2.45, 2.75) is 6.92 Å². The zero-order valence-electron chi connectivity index (χ0n) is 8.07. The predicted octanol–water partition coefficient (Wildman–Crippen LogP) is 1.38. The molecular formula is C9H12N2O2S. The van der Waals surface area contributed by atoms with Gasteiger partial charge in [0.1, 0.15) is 9.88 Å². The van der Waals surface area contributed by atoms with Crippen LogP contribution in [0.3, 0.4) is 0 Å². The van der Waals surface area contributed by atoms with Crippen molar-refractivity contribution in [3.63, 3.8) is 0 Å². The minimum Gasteiger partial charge on any atom is -0.477 e. The number of thiazole rings is 1. The van der Waals surface area contributed by atoms with Gasteiger partial charge in [-0.3, -0.25) is 0 Å². The zero-order valence-corrected chi connectivity index (χ0v) is 8.89. The fraction of sp³-hybridized carbons (Fsp3) is 0.333. The van der Waals surface area contributed by atoms with Gasteiger partial charge in [-0.25, -0.2) is 9.78 Å². The van der Waals surface area contributed by atoms with Crippen molar-refractivity contribution in [3.8, 4) is 0 Å². The van der Waals surface area contributed by atoms with Gasteiger partial charge in [-0.05, 0) is 20.0 Å². The Kier molecular flexibility index (Phi) is 3.79. The third kappa shape index (κ3) is 2.65. The monoisotopic (exact) mass is 212 g/mol. The molecule has 14 heavy (non-hydrogen) atoms. The highest BCUT2D eigenvalue weighted by atomic mass is 32.1. The van der Waals surface area contributed by atoms with E-state index in [4.69, 9.17) is 5.11 Å². The Hall–Kier alpha value is -1.20. The lowest BCUT2D eigenvalue weighted by atomic mass is 10.4. The van der Waals surface area contributed by atoms with Crippen LogP contribution in [0.4, 0.5) is 0 Å². The first-order chi connectivity index (χ1) is 6.65. The second-order valence-electron chi connectivity index (χ2n) is 2.73. The van der Waals surface area contributed by atoms with E-state index in [9.17, 15) is 4.79 Å². The third-order valence-corrected chi connectivity index (χ3v) is 2.70. The molecule has 1 heterocycles. The summed E-state index contributed by atoms with van der Waals surface area (Å²) in [5.74, 6) is -0.909. The first kappa shape index (κ1) is 10.9. The van der Waals surface area contributed by atoms with Gasteiger partial charge < -0.3 is 10.4 Å². The van der Waals surface area contributed by atoms with Crippen LogP contribution in [0, 0.1) is 6.92 Å². The predicted molar refractivity (Wildman–Crippen MR) is 56.8 cm³/mol. The summed E-state index contributed by atoms with van der Waals surface area (Å²) in [6.07, 6.45) is 3.73. The Morgan fingerprint density at radius 1 is 1.71 bits per heavy atom. The van der Waals surface area contributed by atoms with E-state index in [1.165, 1.54) is 11.3 Å². The zero-order chi connectivity index (χ0) is 10.6. The summed E-state index contributed by atoms with van der Waals surface area (Å²) in [4.78, 5) is 15.1. The molecule has 0 aliphatic rings. The normalized spacial score (nSPS) is 11.0. The van der Waals surface area contributed by atoms with Crippen LogP contribution in [0.25, 0.3) is 6.08 Å². The largest absolute Gasteiger partial charge is 0.477 e. The van der Waals surface area contributed by atoms with Crippen LogP contribution in [0.1, 0.15) is 20.4 Å². The number of aryl methyl sites for hydroxylation is 1. The van der Waals surface area contributed by atoms with E-state index in [0.717, 1.165) is 11.6 Å². The van der Waals surface area contributed by atoms with Gasteiger partial charge in [-0.15, -0.1) is 11.3 Å². The van der Waals surface area contributed by atoms with Crippen LogP contribution >= 0.6 is 11.3 Å². The summed E-state index contributed by atoms with van der Waals surface area (Å²) >= 11 is 1.19. The fourth-order valence-electron chi connectivity index (χ4n) is 0.965. The number of aromatic carboxylic acids is 1. The molecule has 0 amide bonds. The molecule has 0 spiro atoms. The van der Waals surface area contributed by atoms with Crippen molar-refractivity contribution >= 4 is 23.4 Å². The van der Waals surface area contributed by atoms with E-state index in [0.29, 0.717) is 10.6 Å². The summed E-state index contributed by atoms with van der Waals surface area (Å²) in [6.45, 7) is 2.45. The summed E-state index contributed by atoms with van der Waals surface area (Å²) in [5, 5.41) is 12.5. The highest BCUT2D eigenvalue weighted by Crippen LogP contribution is 2.18. The van der Waals surface area contributed by atoms with Crippen molar-refractivity contribution in [2.24, 2.45) is 0 Å². The lowest BCUT2D eigenvalue weighted by molar-refractivity contribution is 0.0701. The van der Waals surface area contributed by atoms with E-state index in [1.54, 1.807) is 6.92 Å². The van der Waals surface area contributed by atoms with Gasteiger partial charge in [0.05, 0.1) is 5.69 Å². The van der Waals surface area contributed by atoms with Crippen LogP contribution in [-0.4, -0.2) is 29.7 Å². The van der Waals surface area contributed by atoms with Gasteiger partial charge in [0, 0.05) is 6.54 Å². The summed E-state index contributed by atoms with van der Waals surface area (Å²) in [6, 6.07) is 0. The number of carbonyl (C=O) groups is 1. The van der Waals surface area contributed by atoms with E-state index < -0.39 is 5.97 Å². The molecule has 0 bridgehead atoms. The molecule has 0 saturated heterocycles. The standard InChI is InChI=1S/C9H12N2O2S/c1-6-8(9(12)13)14-7(11-6)4-3-5-10-2/h3-4,10H,5H2,1-2H3,(H,12,13). The number of likely N-dealkylation sites (N-methyl/N-ethyl adjacent to an activating group) is 1. The number of aromatic nitrogens is 1. The topological polar surface area (TPSA) is 62.2 Å². The van der Waals surface area contributed by atoms with E-state index >= 15 is 0 Å². The average molecular weight is 212 g/mol. The van der Waals surface area contributed by atoms with E-state index in [-0.39, 0.29) is 0 Å². The maximum Gasteiger partial charge on any atom is 0.347 e. The highest BCUT2D eigenvalue weighted by molar-refractivity contribution is 7.14. The Labute approximate surface area is 86.3 Å². The molecule has 1 aromatic rings. The van der Waals surface area contributed by atoms with Gasteiger partial charge in [0.25, 0.3) is 0 Å². The van der Waals surface area contributed by atoms with Gasteiger partial charge in [-0.2, -0.15) is 0 Å². The Bertz CT molecular complexity index is 358. The van der Waals surface area contributed by atoms with Crippen LogP contribution in [0.2, 0.25) is 0 Å². The minimum absolute atomic E-state index is 0.314. The Morgan fingerprint density at radius 2 is 2.43 bits per heavy atom. The number of nitrogens with zero attached hydrogens (tertiary/aromatic N) is 1. The number of carboxylic acid groups (broad SMARTS) is 1. The van der Waals surface area contributed by atoms with Crippen molar-refractivity contribution in [1.82, 2.24) is 10.3 Å². The second kappa shape index (κ2) is 4.88. The molecule has 5 heteroatoms. The van der Waals surface area contributed by atoms with Gasteiger partial charge in [-0.1, -0.05) is 6.08 Å². The molecule has 0 fully saturated rings. The quantitative estimate of drug-likeness (QED) is 0.791. The Balaban J connectivity index is 2.81. The van der Waals surface area contributed by atoms with Crippen molar-refractivity contribution in [3.05, 3.63) is 21.7 Å². The van der Waals surface area contributed by atoms with Crippen LogP contribution < -0.4 is 5.32 Å². The van der Waals surface area contributed by atoms with Gasteiger partial charge in [0.2, 0.25) is 0 Å². The van der Waals surface area contributed by atoms with Crippen LogP contribution in [0.15, 0.2) is 6.08 Å². The van der Waals surface area contributed by atoms with Gasteiger partial charge >= 0.3 is 5.97 Å². The second-order valence-corrected chi connectivity index (χ2v) is 3.76. The van der Waals surface area contributed by atoms with Crippen molar-refractivity contribution < 1.29 is 9.90 Å². The molecule has 76 valence electrons. The van der Waals surface area contributed by atoms with Crippen molar-refractivity contribution in [1.29, 1.82) is 0 Å². The number of rotatable bonds is 4. The maximum absolute atomic E-state index is 10.7. The van der Waals surface area contributed by atoms with Gasteiger partial charge in [0.15, 0.2) is 0 Å². The fourth-order valence-corrected chi connectivity index (χ4v) is 1.80. The summed E-state index contributed by atoms with van der Waals surface area (Å²) < 4.78 is 0. The molecule has 0 aromatic carbocycles. The smallest absolute Gasteiger partial charge is 0.347 e. The molecule has 0 aliphatic carbocycles. The SMILES string of the molecule is CNCC=Cc1nc(C)c(C(=O)O)s1. The van der Waals surface area contributed by atoms with E-state index in [1.807, 2.05) is 19.2 Å². The molecule has 2 N–H and O–H groups in total. The number of hydrogen-bond acceptors (Lipinski definition) is 4. The average Bonchev–Trinajstić information content (AvgIpc) is 2.47. The summed E-state index contributed by atoms with van der Waals surface area (Å²) in [5.41, 5.74) is 0.576. The molecule has 1 aromatic heterocycles. The first-order valence-electron chi connectivity index (χ1n) is 4.17. The molecule has 0 radical (unpaired) electrons. The summed E-state index contributed by atoms with van der Waals surface area (Å²) in [7, 11) is 1.85. The molecule has 0 unspecified atom stereocenters. The minimum atomic E-state index is -0.909. The van der Waals surface area contributed by atoms with Crippen LogP contribution in [0.5, 0.6) is 0 Å². The molecular weight excluding hydrogens is 200 g/mol. The lowest BCUT2D eigenvalue weighted by Gasteiger charge is -1.85. The molecule has 0 aliphatic heterocycles. The third-order valence-electron chi connectivity index (χ3n) is 1.59. The molecule has 4 nitrogen and oxygen atoms in total. The lowest BCUT2D eigenvalue weighted by Crippen LogP contribution is -2.03. The van der Waals surface area contributed by atoms with Crippen LogP contribution in [-0.2, 0) is 0 Å². The number of hydrogen-bond donors (Lipinski definition) is 2. The number of carboxylic acids is 1. The molecule has 0 saturated carbocycles. The Morgan fingerprint density at radius 3 is 2.93 bits per heavy atom. The number of nitrogens with one attached hydrogen (secondary N) is 1. The molecule has 0 atom stereocenters. The highest BCUT2D eigenvalue weighted by Gasteiger charge is 2.11. The maximum atomic E-state index is 10.7. The van der Waals surface area contributed by atoms with E-state index in [2.05, 4.69) is 10.3 Å². The van der Waals surface area contributed by atoms with Crippen molar-refractivity contribution in [2.75, 3.05) is 13.6 Å². The molecule has 1 rings (SSSR count). The first-order valence-corrected chi connectivity index (χ1v) is 4.98.